The number of benzene rings is 1. The summed E-state index contributed by atoms with van der Waals surface area (Å²) in [6, 6.07) is 10.5. The van der Waals surface area contributed by atoms with Crippen LogP contribution in [0.15, 0.2) is 24.3 Å². The van der Waals surface area contributed by atoms with Crippen LogP contribution in [0.3, 0.4) is 0 Å². The average Bonchev–Trinajstić information content (AvgIpc) is 1.91. The summed E-state index contributed by atoms with van der Waals surface area (Å²) in [6.45, 7) is 2.67. The van der Waals surface area contributed by atoms with Gasteiger partial charge in [-0.3, -0.25) is 0 Å². The summed E-state index contributed by atoms with van der Waals surface area (Å²) in [4.78, 5) is 0. The number of halogens is 1. The van der Waals surface area contributed by atoms with E-state index in [0.29, 0.717) is 6.61 Å². The van der Waals surface area contributed by atoms with Gasteiger partial charge in [-0.15, -0.1) is 12.1 Å². The summed E-state index contributed by atoms with van der Waals surface area (Å²) in [5.41, 5.74) is 0. The predicted octanol–water partition coefficient (Wildman–Crippen LogP) is -1.49. The molecular formula is C8H9ClMgO. The molecule has 0 spiro atoms. The van der Waals surface area contributed by atoms with E-state index < -0.39 is 0 Å². The zero-order valence-electron chi connectivity index (χ0n) is 6.51. The maximum atomic E-state index is 5.15. The molecule has 56 valence electrons. The summed E-state index contributed by atoms with van der Waals surface area (Å²) < 4.78 is 5.15. The van der Waals surface area contributed by atoms with Crippen molar-refractivity contribution < 1.29 is 17.1 Å². The Labute approximate surface area is 89.7 Å². The second kappa shape index (κ2) is 8.18. The first-order valence-electron chi connectivity index (χ1n) is 3.03. The van der Waals surface area contributed by atoms with Crippen LogP contribution in [0, 0.1) is 6.07 Å². The molecule has 0 unspecified atom stereocenters. The van der Waals surface area contributed by atoms with Crippen LogP contribution in [0.5, 0.6) is 5.75 Å². The van der Waals surface area contributed by atoms with Gasteiger partial charge in [-0.25, -0.2) is 0 Å². The van der Waals surface area contributed by atoms with Crippen molar-refractivity contribution in [3.8, 4) is 5.75 Å². The monoisotopic (exact) mass is 180 g/mol. The molecule has 0 bridgehead atoms. The molecule has 0 aliphatic rings. The summed E-state index contributed by atoms with van der Waals surface area (Å²) in [5, 5.41) is 0. The van der Waals surface area contributed by atoms with Crippen LogP contribution in [-0.2, 0) is 0 Å². The fourth-order valence-electron chi connectivity index (χ4n) is 0.622. The van der Waals surface area contributed by atoms with Gasteiger partial charge in [0, 0.05) is 5.75 Å². The van der Waals surface area contributed by atoms with Crippen molar-refractivity contribution in [2.45, 2.75) is 6.92 Å². The van der Waals surface area contributed by atoms with Crippen LogP contribution in [0.4, 0.5) is 0 Å². The summed E-state index contributed by atoms with van der Waals surface area (Å²) in [6.07, 6.45) is 0. The summed E-state index contributed by atoms with van der Waals surface area (Å²) in [5.74, 6) is 0.819. The van der Waals surface area contributed by atoms with Gasteiger partial charge in [0.1, 0.15) is 0 Å². The third-order valence-corrected chi connectivity index (χ3v) is 0.980. The second-order valence-electron chi connectivity index (χ2n) is 1.66. The average molecular weight is 181 g/mol. The van der Waals surface area contributed by atoms with Crippen LogP contribution >= 0.6 is 0 Å². The molecule has 0 N–H and O–H groups in total. The Kier molecular flexibility index (Phi) is 10.1. The van der Waals surface area contributed by atoms with E-state index in [4.69, 9.17) is 4.74 Å². The van der Waals surface area contributed by atoms with Crippen molar-refractivity contribution in [3.63, 3.8) is 0 Å². The zero-order chi connectivity index (χ0) is 6.53. The van der Waals surface area contributed by atoms with Crippen molar-refractivity contribution in [2.24, 2.45) is 0 Å². The van der Waals surface area contributed by atoms with E-state index in [9.17, 15) is 0 Å². The molecular weight excluding hydrogens is 172 g/mol. The smallest absolute Gasteiger partial charge is 1.00 e. The van der Waals surface area contributed by atoms with Gasteiger partial charge in [0.2, 0.25) is 0 Å². The molecule has 0 aliphatic heterocycles. The normalized spacial score (nSPS) is 7.36. The molecule has 1 nitrogen and oxygen atoms in total. The molecule has 0 fully saturated rings. The second-order valence-corrected chi connectivity index (χ2v) is 1.66. The van der Waals surface area contributed by atoms with Crippen molar-refractivity contribution in [2.75, 3.05) is 6.61 Å². The summed E-state index contributed by atoms with van der Waals surface area (Å²) >= 11 is 0. The fraction of sp³-hybridized carbons (Fsp3) is 0.250. The molecule has 0 amide bonds. The first-order chi connectivity index (χ1) is 4.43. The van der Waals surface area contributed by atoms with Crippen LogP contribution in [-0.4, -0.2) is 29.7 Å². The third-order valence-electron chi connectivity index (χ3n) is 0.980. The number of ether oxygens (including phenoxy) is 1. The van der Waals surface area contributed by atoms with Gasteiger partial charge in [-0.05, 0) is 6.92 Å². The molecule has 0 aromatic heterocycles. The Morgan fingerprint density at radius 3 is 2.64 bits per heavy atom. The van der Waals surface area contributed by atoms with Gasteiger partial charge in [0.25, 0.3) is 0 Å². The van der Waals surface area contributed by atoms with E-state index >= 15 is 0 Å². The Hall–Kier alpha value is 0.0762. The van der Waals surface area contributed by atoms with Crippen molar-refractivity contribution in [1.29, 1.82) is 0 Å². The van der Waals surface area contributed by atoms with Gasteiger partial charge in [-0.1, -0.05) is 0 Å². The molecule has 0 aliphatic carbocycles. The molecule has 11 heavy (non-hydrogen) atoms. The minimum Gasteiger partial charge on any atom is -1.00 e. The maximum absolute atomic E-state index is 5.15. The van der Waals surface area contributed by atoms with E-state index in [-0.39, 0.29) is 35.5 Å². The molecule has 0 radical (unpaired) electrons. The van der Waals surface area contributed by atoms with Crippen LogP contribution in [0.1, 0.15) is 6.92 Å². The van der Waals surface area contributed by atoms with Gasteiger partial charge < -0.3 is 17.1 Å². The predicted molar refractivity (Wildman–Crippen MR) is 42.2 cm³/mol. The van der Waals surface area contributed by atoms with Gasteiger partial charge in [0.05, 0.1) is 6.61 Å². The van der Waals surface area contributed by atoms with E-state index in [0.717, 1.165) is 5.75 Å². The first-order valence-corrected chi connectivity index (χ1v) is 3.03. The number of hydrogen-bond acceptors (Lipinski definition) is 1. The standard InChI is InChI=1S/C8H9O.ClH.Mg/c1-2-9-8-6-4-3-5-7-8;;/h3-6H,2H2,1H3;1H;/q-1;;+2/p-1. The van der Waals surface area contributed by atoms with Crippen molar-refractivity contribution in [1.82, 2.24) is 0 Å². The van der Waals surface area contributed by atoms with Crippen LogP contribution in [0.2, 0.25) is 0 Å². The van der Waals surface area contributed by atoms with Gasteiger partial charge >= 0.3 is 23.1 Å². The zero-order valence-corrected chi connectivity index (χ0v) is 8.68. The third kappa shape index (κ3) is 5.36. The SMILES string of the molecule is CCOc1[c-]cccc1.[Cl-].[Mg+2]. The molecule has 0 heterocycles. The molecule has 0 saturated heterocycles. The van der Waals surface area contributed by atoms with Crippen LogP contribution in [0.25, 0.3) is 0 Å². The maximum Gasteiger partial charge on any atom is 2.00 e. The van der Waals surface area contributed by atoms with Gasteiger partial charge in [-0.2, -0.15) is 18.2 Å². The van der Waals surface area contributed by atoms with Crippen molar-refractivity contribution >= 4 is 23.1 Å². The number of hydrogen-bond donors (Lipinski definition) is 0. The molecule has 1 rings (SSSR count). The minimum absolute atomic E-state index is 0. The molecule has 3 heteroatoms. The van der Waals surface area contributed by atoms with Crippen LogP contribution < -0.4 is 17.1 Å². The molecule has 1 aromatic carbocycles. The van der Waals surface area contributed by atoms with E-state index in [2.05, 4.69) is 6.07 Å². The Morgan fingerprint density at radius 2 is 2.18 bits per heavy atom. The van der Waals surface area contributed by atoms with E-state index in [1.54, 1.807) is 0 Å². The van der Waals surface area contributed by atoms with Crippen molar-refractivity contribution in [3.05, 3.63) is 30.3 Å². The van der Waals surface area contributed by atoms with E-state index in [1.165, 1.54) is 0 Å². The quantitative estimate of drug-likeness (QED) is 0.398. The minimum atomic E-state index is 0. The first kappa shape index (κ1) is 13.7. The number of rotatable bonds is 2. The molecule has 0 atom stereocenters. The molecule has 1 aromatic rings. The Morgan fingerprint density at radius 1 is 1.45 bits per heavy atom. The Balaban J connectivity index is 0. The van der Waals surface area contributed by atoms with Gasteiger partial charge in [0.15, 0.2) is 0 Å². The van der Waals surface area contributed by atoms with E-state index in [1.807, 2.05) is 31.2 Å². The fourth-order valence-corrected chi connectivity index (χ4v) is 0.622. The number of para-hydroxylation sites is 1. The largest absolute Gasteiger partial charge is 2.00 e. The molecule has 0 saturated carbocycles. The summed E-state index contributed by atoms with van der Waals surface area (Å²) in [7, 11) is 0. The Bertz CT molecular complexity index is 167. The topological polar surface area (TPSA) is 9.23 Å².